The van der Waals surface area contributed by atoms with Crippen molar-refractivity contribution in [3.8, 4) is 0 Å². The molecule has 0 radical (unpaired) electrons. The fourth-order valence-corrected chi connectivity index (χ4v) is 3.21. The highest BCUT2D eigenvalue weighted by molar-refractivity contribution is 5.93. The number of ether oxygens (including phenoxy) is 1. The molecule has 2 rings (SSSR count). The van der Waals surface area contributed by atoms with Gasteiger partial charge >= 0.3 is 12.0 Å². The lowest BCUT2D eigenvalue weighted by Crippen LogP contribution is -2.47. The third kappa shape index (κ3) is 6.27. The van der Waals surface area contributed by atoms with Crippen LogP contribution in [0.25, 0.3) is 0 Å². The summed E-state index contributed by atoms with van der Waals surface area (Å²) < 4.78 is 5.26. The molecule has 0 aromatic heterocycles. The Balaban J connectivity index is 1.80. The lowest BCUT2D eigenvalue weighted by atomic mass is 9.94. The quantitative estimate of drug-likeness (QED) is 0.749. The summed E-state index contributed by atoms with van der Waals surface area (Å²) in [5.41, 5.74) is 0.619. The van der Waals surface area contributed by atoms with Gasteiger partial charge in [-0.25, -0.2) is 9.59 Å². The van der Waals surface area contributed by atoms with Crippen molar-refractivity contribution in [2.24, 2.45) is 0 Å². The van der Waals surface area contributed by atoms with Gasteiger partial charge in [0.15, 0.2) is 6.10 Å². The van der Waals surface area contributed by atoms with E-state index in [2.05, 4.69) is 10.6 Å². The molecule has 0 heterocycles. The second-order valence-corrected chi connectivity index (χ2v) is 7.01. The molecule has 0 unspecified atom stereocenters. The van der Waals surface area contributed by atoms with Crippen molar-refractivity contribution in [2.75, 3.05) is 12.4 Å². The van der Waals surface area contributed by atoms with E-state index in [4.69, 9.17) is 4.74 Å². The third-order valence-corrected chi connectivity index (χ3v) is 4.84. The fourth-order valence-electron chi connectivity index (χ4n) is 3.21. The van der Waals surface area contributed by atoms with Gasteiger partial charge in [-0.1, -0.05) is 37.5 Å². The Hall–Kier alpha value is -2.57. The van der Waals surface area contributed by atoms with Crippen LogP contribution in [0.2, 0.25) is 0 Å². The number of anilines is 1. The van der Waals surface area contributed by atoms with Crippen molar-refractivity contribution in [1.29, 1.82) is 0 Å². The minimum absolute atomic E-state index is 0.208. The summed E-state index contributed by atoms with van der Waals surface area (Å²) in [6.07, 6.45) is 4.53. The highest BCUT2D eigenvalue weighted by atomic mass is 16.5. The number of hydrogen-bond acceptors (Lipinski definition) is 4. The summed E-state index contributed by atoms with van der Waals surface area (Å²) >= 11 is 0. The standard InChI is InChI=1S/C20H29N3O4/c1-14(21-20(26)22-16-10-6-4-7-11-16)19(25)27-15(2)18(24)23(3)17-12-8-5-9-13-17/h4,6-7,10-11,14-15,17H,5,8-9,12-13H2,1-3H3,(H2,21,22,26)/t14-,15+/m0/s1. The number of carbonyl (C=O) groups excluding carboxylic acids is 3. The number of nitrogens with zero attached hydrogens (tertiary/aromatic N) is 1. The summed E-state index contributed by atoms with van der Waals surface area (Å²) in [5.74, 6) is -0.854. The second kappa shape index (κ2) is 9.94. The van der Waals surface area contributed by atoms with Crippen LogP contribution in [0.1, 0.15) is 46.0 Å². The number of hydrogen-bond donors (Lipinski definition) is 2. The van der Waals surface area contributed by atoms with Crippen molar-refractivity contribution in [1.82, 2.24) is 10.2 Å². The van der Waals surface area contributed by atoms with E-state index in [-0.39, 0.29) is 11.9 Å². The summed E-state index contributed by atoms with van der Waals surface area (Å²) in [4.78, 5) is 38.4. The van der Waals surface area contributed by atoms with Gasteiger partial charge in [-0.2, -0.15) is 0 Å². The number of nitrogens with one attached hydrogen (secondary N) is 2. The van der Waals surface area contributed by atoms with Crippen LogP contribution < -0.4 is 10.6 Å². The van der Waals surface area contributed by atoms with Crippen molar-refractivity contribution in [2.45, 2.75) is 64.1 Å². The van der Waals surface area contributed by atoms with Crippen molar-refractivity contribution in [3.05, 3.63) is 30.3 Å². The number of urea groups is 1. The van der Waals surface area contributed by atoms with E-state index in [1.807, 2.05) is 6.07 Å². The van der Waals surface area contributed by atoms with Crippen molar-refractivity contribution < 1.29 is 19.1 Å². The molecule has 148 valence electrons. The first-order chi connectivity index (χ1) is 12.9. The number of rotatable bonds is 6. The molecule has 2 atom stereocenters. The van der Waals surface area contributed by atoms with E-state index in [1.54, 1.807) is 43.1 Å². The minimum atomic E-state index is -0.883. The molecule has 1 aromatic carbocycles. The van der Waals surface area contributed by atoms with Crippen LogP contribution in [0.5, 0.6) is 0 Å². The normalized spacial score (nSPS) is 16.7. The topological polar surface area (TPSA) is 87.7 Å². The van der Waals surface area contributed by atoms with Crippen LogP contribution in [0.4, 0.5) is 10.5 Å². The van der Waals surface area contributed by atoms with E-state index < -0.39 is 24.1 Å². The van der Waals surface area contributed by atoms with Gasteiger partial charge in [0.2, 0.25) is 0 Å². The molecule has 1 fully saturated rings. The Kier molecular flexibility index (Phi) is 7.64. The molecule has 0 aliphatic heterocycles. The van der Waals surface area contributed by atoms with Gasteiger partial charge in [0.05, 0.1) is 0 Å². The highest BCUT2D eigenvalue weighted by Gasteiger charge is 2.29. The lowest BCUT2D eigenvalue weighted by Gasteiger charge is -2.32. The predicted molar refractivity (Wildman–Crippen MR) is 103 cm³/mol. The largest absolute Gasteiger partial charge is 0.451 e. The number of esters is 1. The van der Waals surface area contributed by atoms with Crippen molar-refractivity contribution >= 4 is 23.6 Å². The molecule has 1 aliphatic carbocycles. The molecule has 1 saturated carbocycles. The number of amides is 3. The average Bonchev–Trinajstić information content (AvgIpc) is 2.68. The smallest absolute Gasteiger partial charge is 0.329 e. The molecule has 1 aliphatic rings. The molecule has 7 heteroatoms. The van der Waals surface area contributed by atoms with Crippen LogP contribution in [0.3, 0.4) is 0 Å². The van der Waals surface area contributed by atoms with Gasteiger partial charge in [0, 0.05) is 18.8 Å². The molecule has 7 nitrogen and oxygen atoms in total. The SMILES string of the molecule is C[C@H](NC(=O)Nc1ccccc1)C(=O)O[C@H](C)C(=O)N(C)C1CCCCC1. The molecule has 0 saturated heterocycles. The van der Waals surface area contributed by atoms with Gasteiger partial charge in [0.1, 0.15) is 6.04 Å². The zero-order chi connectivity index (χ0) is 19.8. The number of para-hydroxylation sites is 1. The molecule has 0 bridgehead atoms. The Morgan fingerprint density at radius 1 is 1.07 bits per heavy atom. The van der Waals surface area contributed by atoms with E-state index in [1.165, 1.54) is 13.3 Å². The zero-order valence-corrected chi connectivity index (χ0v) is 16.2. The average molecular weight is 375 g/mol. The number of likely N-dealkylation sites (N-methyl/N-ethyl adjacent to an activating group) is 1. The van der Waals surface area contributed by atoms with Crippen LogP contribution >= 0.6 is 0 Å². The summed E-state index contributed by atoms with van der Waals surface area (Å²) in [7, 11) is 1.76. The third-order valence-electron chi connectivity index (χ3n) is 4.84. The number of carbonyl (C=O) groups is 3. The molecule has 1 aromatic rings. The maximum absolute atomic E-state index is 12.5. The number of benzene rings is 1. The van der Waals surface area contributed by atoms with Gasteiger partial charge in [-0.3, -0.25) is 4.79 Å². The van der Waals surface area contributed by atoms with Gasteiger partial charge < -0.3 is 20.3 Å². The zero-order valence-electron chi connectivity index (χ0n) is 16.2. The lowest BCUT2D eigenvalue weighted by molar-refractivity contribution is -0.160. The van der Waals surface area contributed by atoms with E-state index in [0.29, 0.717) is 5.69 Å². The van der Waals surface area contributed by atoms with Crippen LogP contribution in [0.15, 0.2) is 30.3 Å². The minimum Gasteiger partial charge on any atom is -0.451 e. The van der Waals surface area contributed by atoms with Crippen LogP contribution in [0, 0.1) is 0 Å². The Labute approximate surface area is 160 Å². The highest BCUT2D eigenvalue weighted by Crippen LogP contribution is 2.22. The molecular weight excluding hydrogens is 346 g/mol. The first-order valence-corrected chi connectivity index (χ1v) is 9.48. The molecule has 3 amide bonds. The molecular formula is C20H29N3O4. The maximum Gasteiger partial charge on any atom is 0.329 e. The molecule has 0 spiro atoms. The van der Waals surface area contributed by atoms with Crippen LogP contribution in [-0.4, -0.2) is 48.0 Å². The maximum atomic E-state index is 12.5. The van der Waals surface area contributed by atoms with Gasteiger partial charge in [-0.05, 0) is 38.8 Å². The molecule has 2 N–H and O–H groups in total. The summed E-state index contributed by atoms with van der Waals surface area (Å²) in [6.45, 7) is 3.09. The van der Waals surface area contributed by atoms with Crippen molar-refractivity contribution in [3.63, 3.8) is 0 Å². The van der Waals surface area contributed by atoms with Gasteiger partial charge in [0.25, 0.3) is 5.91 Å². The Bertz CT molecular complexity index is 644. The predicted octanol–water partition coefficient (Wildman–Crippen LogP) is 2.92. The summed E-state index contributed by atoms with van der Waals surface area (Å²) in [6, 6.07) is 7.74. The fraction of sp³-hybridized carbons (Fsp3) is 0.550. The van der Waals surface area contributed by atoms with E-state index >= 15 is 0 Å². The molecule has 27 heavy (non-hydrogen) atoms. The van der Waals surface area contributed by atoms with Gasteiger partial charge in [-0.15, -0.1) is 0 Å². The summed E-state index contributed by atoms with van der Waals surface area (Å²) in [5, 5.41) is 5.15. The Morgan fingerprint density at radius 2 is 1.70 bits per heavy atom. The first-order valence-electron chi connectivity index (χ1n) is 9.48. The monoisotopic (exact) mass is 375 g/mol. The second-order valence-electron chi connectivity index (χ2n) is 7.01. The first kappa shape index (κ1) is 20.7. The Morgan fingerprint density at radius 3 is 2.33 bits per heavy atom. The van der Waals surface area contributed by atoms with E-state index in [9.17, 15) is 14.4 Å². The van der Waals surface area contributed by atoms with Crippen LogP contribution in [-0.2, 0) is 14.3 Å². The van der Waals surface area contributed by atoms with E-state index in [0.717, 1.165) is 25.7 Å².